The van der Waals surface area contributed by atoms with Gasteiger partial charge in [-0.3, -0.25) is 4.79 Å². The summed E-state index contributed by atoms with van der Waals surface area (Å²) in [4.78, 5) is 22.1. The second kappa shape index (κ2) is 7.55. The first-order valence-corrected chi connectivity index (χ1v) is 10.0. The van der Waals surface area contributed by atoms with Crippen molar-refractivity contribution in [3.8, 4) is 0 Å². The third-order valence-electron chi connectivity index (χ3n) is 5.66. The number of benzene rings is 2. The van der Waals surface area contributed by atoms with Gasteiger partial charge in [-0.2, -0.15) is 0 Å². The molecule has 1 aliphatic rings. The second-order valence-electron chi connectivity index (χ2n) is 7.51. The molecule has 0 saturated heterocycles. The first kappa shape index (κ1) is 18.2. The Balaban J connectivity index is 1.52. The summed E-state index contributed by atoms with van der Waals surface area (Å²) in [6.07, 6.45) is 8.10. The van der Waals surface area contributed by atoms with Crippen molar-refractivity contribution >= 4 is 22.4 Å². The van der Waals surface area contributed by atoms with E-state index in [1.807, 2.05) is 65.5 Å². The maximum atomic E-state index is 13.1. The molecule has 0 aliphatic carbocycles. The Kier molecular flexibility index (Phi) is 4.59. The van der Waals surface area contributed by atoms with Gasteiger partial charge in [-0.15, -0.1) is 0 Å². The average molecular weight is 398 g/mol. The number of fused-ring (bicyclic) bond motifs is 1. The van der Waals surface area contributed by atoms with Crippen LogP contribution in [0.1, 0.15) is 23.6 Å². The first-order valence-electron chi connectivity index (χ1n) is 10.0. The molecule has 0 saturated carbocycles. The summed E-state index contributed by atoms with van der Waals surface area (Å²) in [5.74, 6) is -0.485. The summed E-state index contributed by atoms with van der Waals surface area (Å²) in [5.41, 5.74) is 3.56. The SMILES string of the molecule is O=C1C(O)=C(c2ccccc2)C(c2ccc3[nH]ccc3c2)N1CCCn1ccnc1. The van der Waals surface area contributed by atoms with Crippen molar-refractivity contribution in [3.63, 3.8) is 0 Å². The highest BCUT2D eigenvalue weighted by Gasteiger charge is 2.40. The maximum Gasteiger partial charge on any atom is 0.289 e. The zero-order valence-electron chi connectivity index (χ0n) is 16.4. The van der Waals surface area contributed by atoms with Gasteiger partial charge in [-0.25, -0.2) is 4.98 Å². The van der Waals surface area contributed by atoms with E-state index in [1.54, 1.807) is 17.4 Å². The molecule has 1 amide bonds. The molecule has 1 atom stereocenters. The van der Waals surface area contributed by atoms with Crippen LogP contribution in [0.2, 0.25) is 0 Å². The minimum atomic E-state index is -0.331. The highest BCUT2D eigenvalue weighted by atomic mass is 16.3. The van der Waals surface area contributed by atoms with Gasteiger partial charge in [-0.1, -0.05) is 36.4 Å². The first-order chi connectivity index (χ1) is 14.7. The quantitative estimate of drug-likeness (QED) is 0.508. The van der Waals surface area contributed by atoms with Crippen molar-refractivity contribution in [2.75, 3.05) is 6.54 Å². The Morgan fingerprint density at radius 1 is 1.07 bits per heavy atom. The Hall–Kier alpha value is -3.80. The van der Waals surface area contributed by atoms with Crippen LogP contribution in [0.4, 0.5) is 0 Å². The summed E-state index contributed by atoms with van der Waals surface area (Å²) >= 11 is 0. The number of H-pyrrole nitrogens is 1. The number of aliphatic hydroxyl groups is 1. The summed E-state index contributed by atoms with van der Waals surface area (Å²) in [6.45, 7) is 1.29. The van der Waals surface area contributed by atoms with Crippen LogP contribution in [-0.2, 0) is 11.3 Å². The van der Waals surface area contributed by atoms with Crippen LogP contribution < -0.4 is 0 Å². The molecule has 150 valence electrons. The number of rotatable bonds is 6. The third-order valence-corrected chi connectivity index (χ3v) is 5.66. The van der Waals surface area contributed by atoms with Crippen molar-refractivity contribution in [2.24, 2.45) is 0 Å². The minimum Gasteiger partial charge on any atom is -0.503 e. The number of aromatic nitrogens is 3. The van der Waals surface area contributed by atoms with Crippen LogP contribution >= 0.6 is 0 Å². The van der Waals surface area contributed by atoms with Crippen LogP contribution in [0.15, 0.2) is 85.3 Å². The number of carbonyl (C=O) groups is 1. The zero-order valence-corrected chi connectivity index (χ0v) is 16.4. The van der Waals surface area contributed by atoms with Gasteiger partial charge in [0.15, 0.2) is 5.76 Å². The van der Waals surface area contributed by atoms with E-state index in [-0.39, 0.29) is 17.7 Å². The highest BCUT2D eigenvalue weighted by Crippen LogP contribution is 2.43. The number of aliphatic hydroxyl groups excluding tert-OH is 1. The van der Waals surface area contributed by atoms with Crippen molar-refractivity contribution in [1.29, 1.82) is 0 Å². The fourth-order valence-electron chi connectivity index (χ4n) is 4.23. The molecule has 2 N–H and O–H groups in total. The van der Waals surface area contributed by atoms with E-state index in [9.17, 15) is 9.90 Å². The number of hydrogen-bond donors (Lipinski definition) is 2. The van der Waals surface area contributed by atoms with E-state index in [1.165, 1.54) is 0 Å². The molecule has 0 radical (unpaired) electrons. The standard InChI is InChI=1S/C24H22N4O2/c29-23-21(17-5-2-1-3-6-17)22(19-7-8-20-18(15-19)9-10-26-20)28(24(23)30)13-4-12-27-14-11-25-16-27/h1-3,5-11,14-16,22,26,29H,4,12-13H2. The Morgan fingerprint density at radius 2 is 1.93 bits per heavy atom. The highest BCUT2D eigenvalue weighted by molar-refractivity contribution is 6.05. The topological polar surface area (TPSA) is 74.2 Å². The lowest BCUT2D eigenvalue weighted by molar-refractivity contribution is -0.129. The number of aryl methyl sites for hydroxylation is 1. The van der Waals surface area contributed by atoms with Gasteiger partial charge in [0, 0.05) is 42.8 Å². The van der Waals surface area contributed by atoms with Crippen molar-refractivity contribution in [2.45, 2.75) is 19.0 Å². The summed E-state index contributed by atoms with van der Waals surface area (Å²) in [7, 11) is 0. The smallest absolute Gasteiger partial charge is 0.289 e. The molecule has 2 aromatic carbocycles. The van der Waals surface area contributed by atoms with E-state index in [0.717, 1.165) is 35.0 Å². The van der Waals surface area contributed by atoms with E-state index in [2.05, 4.69) is 16.0 Å². The Morgan fingerprint density at radius 3 is 2.73 bits per heavy atom. The van der Waals surface area contributed by atoms with Crippen LogP contribution in [0.3, 0.4) is 0 Å². The lowest BCUT2D eigenvalue weighted by atomic mass is 9.93. The van der Waals surface area contributed by atoms with Crippen molar-refractivity contribution in [3.05, 3.63) is 96.4 Å². The van der Waals surface area contributed by atoms with Crippen LogP contribution in [0, 0.1) is 0 Å². The number of carbonyl (C=O) groups excluding carboxylic acids is 1. The maximum absolute atomic E-state index is 13.1. The molecule has 2 aromatic heterocycles. The molecule has 30 heavy (non-hydrogen) atoms. The Labute approximate surface area is 174 Å². The molecule has 0 bridgehead atoms. The van der Waals surface area contributed by atoms with Crippen LogP contribution in [0.25, 0.3) is 16.5 Å². The molecule has 0 spiro atoms. The van der Waals surface area contributed by atoms with Crippen molar-refractivity contribution in [1.82, 2.24) is 19.4 Å². The molecular formula is C24H22N4O2. The largest absolute Gasteiger partial charge is 0.503 e. The molecule has 5 rings (SSSR count). The molecular weight excluding hydrogens is 376 g/mol. The van der Waals surface area contributed by atoms with Gasteiger partial charge in [0.05, 0.1) is 12.4 Å². The number of imidazole rings is 1. The summed E-state index contributed by atoms with van der Waals surface area (Å²) < 4.78 is 1.99. The van der Waals surface area contributed by atoms with E-state index < -0.39 is 0 Å². The molecule has 6 heteroatoms. The molecule has 4 aromatic rings. The van der Waals surface area contributed by atoms with Gasteiger partial charge >= 0.3 is 0 Å². The predicted octanol–water partition coefficient (Wildman–Crippen LogP) is 4.31. The number of nitrogens with one attached hydrogen (secondary N) is 1. The van der Waals surface area contributed by atoms with E-state index >= 15 is 0 Å². The van der Waals surface area contributed by atoms with Gasteiger partial charge in [0.25, 0.3) is 5.91 Å². The second-order valence-corrected chi connectivity index (χ2v) is 7.51. The van der Waals surface area contributed by atoms with E-state index in [0.29, 0.717) is 12.1 Å². The molecule has 1 unspecified atom stereocenters. The summed E-state index contributed by atoms with van der Waals surface area (Å²) in [5, 5.41) is 11.9. The lowest BCUT2D eigenvalue weighted by Crippen LogP contribution is -2.31. The number of hydrogen-bond acceptors (Lipinski definition) is 3. The number of nitrogens with zero attached hydrogens (tertiary/aromatic N) is 3. The summed E-state index contributed by atoms with van der Waals surface area (Å²) in [6, 6.07) is 17.5. The van der Waals surface area contributed by atoms with Gasteiger partial charge in [-0.05, 0) is 41.1 Å². The monoisotopic (exact) mass is 398 g/mol. The van der Waals surface area contributed by atoms with Crippen LogP contribution in [-0.4, -0.2) is 37.0 Å². The van der Waals surface area contributed by atoms with Gasteiger partial charge in [0.2, 0.25) is 0 Å². The molecule has 0 fully saturated rings. The fourth-order valence-corrected chi connectivity index (χ4v) is 4.23. The predicted molar refractivity (Wildman–Crippen MR) is 116 cm³/mol. The molecule has 6 nitrogen and oxygen atoms in total. The average Bonchev–Trinajstić information content (AvgIpc) is 3.50. The fraction of sp³-hybridized carbons (Fsp3) is 0.167. The Bertz CT molecular complexity index is 1210. The number of amides is 1. The van der Waals surface area contributed by atoms with Crippen LogP contribution in [0.5, 0.6) is 0 Å². The van der Waals surface area contributed by atoms with Gasteiger partial charge < -0.3 is 19.6 Å². The molecule has 3 heterocycles. The lowest BCUT2D eigenvalue weighted by Gasteiger charge is -2.27. The normalized spacial score (nSPS) is 16.7. The molecule has 1 aliphatic heterocycles. The van der Waals surface area contributed by atoms with E-state index in [4.69, 9.17) is 0 Å². The van der Waals surface area contributed by atoms with Crippen molar-refractivity contribution < 1.29 is 9.90 Å². The minimum absolute atomic E-state index is 0.164. The zero-order chi connectivity index (χ0) is 20.5. The number of aromatic amines is 1. The van der Waals surface area contributed by atoms with Gasteiger partial charge in [0.1, 0.15) is 0 Å². The third kappa shape index (κ3) is 3.16.